The number of carbonyl (C=O) groups is 1. The van der Waals surface area contributed by atoms with Crippen molar-refractivity contribution in [2.24, 2.45) is 5.73 Å². The van der Waals surface area contributed by atoms with Crippen LogP contribution in [0.2, 0.25) is 5.02 Å². The average Bonchev–Trinajstić information content (AvgIpc) is 2.48. The van der Waals surface area contributed by atoms with Crippen LogP contribution >= 0.6 is 11.6 Å². The number of morpholine rings is 1. The molecular weight excluding hydrogens is 290 g/mol. The van der Waals surface area contributed by atoms with Gasteiger partial charge in [0.25, 0.3) is 0 Å². The summed E-state index contributed by atoms with van der Waals surface area (Å²) in [7, 11) is 0. The summed E-state index contributed by atoms with van der Waals surface area (Å²) in [6, 6.07) is 7.33. The van der Waals surface area contributed by atoms with Crippen molar-refractivity contribution in [3.63, 3.8) is 0 Å². The summed E-state index contributed by atoms with van der Waals surface area (Å²) in [5, 5.41) is 3.61. The third kappa shape index (κ3) is 4.68. The maximum atomic E-state index is 11.7. The van der Waals surface area contributed by atoms with E-state index in [-0.39, 0.29) is 11.9 Å². The Balaban J connectivity index is 2.11. The minimum Gasteiger partial charge on any atom is -0.379 e. The third-order valence-corrected chi connectivity index (χ3v) is 3.84. The maximum absolute atomic E-state index is 11.7. The molecule has 21 heavy (non-hydrogen) atoms. The molecule has 1 heterocycles. The van der Waals surface area contributed by atoms with E-state index in [1.807, 2.05) is 24.3 Å². The lowest BCUT2D eigenvalue weighted by Crippen LogP contribution is -2.46. The monoisotopic (exact) mass is 311 g/mol. The van der Waals surface area contributed by atoms with Gasteiger partial charge in [0, 0.05) is 24.7 Å². The standard InChI is InChI=1S/C15H22ClN3O2/c1-11(17)15(20)18-10-14(19-5-7-21-8-6-19)12-3-2-4-13(16)9-12/h2-4,9,11,14H,5-8,10,17H2,1H3,(H,18,20)/t11-,14?/m1/s1. The van der Waals surface area contributed by atoms with Crippen LogP contribution in [0.15, 0.2) is 24.3 Å². The van der Waals surface area contributed by atoms with Gasteiger partial charge in [-0.3, -0.25) is 9.69 Å². The van der Waals surface area contributed by atoms with Crippen molar-refractivity contribution in [1.82, 2.24) is 10.2 Å². The second-order valence-electron chi connectivity index (χ2n) is 5.25. The SMILES string of the molecule is C[C@@H](N)C(=O)NCC(c1cccc(Cl)c1)N1CCOCC1. The van der Waals surface area contributed by atoms with Crippen molar-refractivity contribution >= 4 is 17.5 Å². The Hall–Kier alpha value is -1.14. The first-order valence-electron chi connectivity index (χ1n) is 7.18. The molecular formula is C15H22ClN3O2. The molecule has 6 heteroatoms. The zero-order chi connectivity index (χ0) is 15.2. The predicted octanol–water partition coefficient (Wildman–Crippen LogP) is 1.18. The number of hydrogen-bond acceptors (Lipinski definition) is 4. The minimum atomic E-state index is -0.505. The number of amides is 1. The Morgan fingerprint density at radius 1 is 1.48 bits per heavy atom. The molecule has 2 atom stereocenters. The topological polar surface area (TPSA) is 67.6 Å². The predicted molar refractivity (Wildman–Crippen MR) is 83.2 cm³/mol. The second kappa shape index (κ2) is 7.75. The van der Waals surface area contributed by atoms with Gasteiger partial charge in [-0.05, 0) is 24.6 Å². The van der Waals surface area contributed by atoms with Gasteiger partial charge in [0.2, 0.25) is 5.91 Å². The van der Waals surface area contributed by atoms with Gasteiger partial charge in [0.05, 0.1) is 25.3 Å². The summed E-state index contributed by atoms with van der Waals surface area (Å²) in [5.74, 6) is -0.143. The van der Waals surface area contributed by atoms with E-state index in [1.165, 1.54) is 0 Å². The van der Waals surface area contributed by atoms with E-state index in [9.17, 15) is 4.79 Å². The summed E-state index contributed by atoms with van der Waals surface area (Å²) in [4.78, 5) is 14.0. The van der Waals surface area contributed by atoms with Gasteiger partial charge in [0.1, 0.15) is 0 Å². The van der Waals surface area contributed by atoms with E-state index in [2.05, 4.69) is 10.2 Å². The highest BCUT2D eigenvalue weighted by molar-refractivity contribution is 6.30. The molecule has 0 aliphatic carbocycles. The zero-order valence-electron chi connectivity index (χ0n) is 12.2. The summed E-state index contributed by atoms with van der Waals surface area (Å²) in [6.07, 6.45) is 0. The van der Waals surface area contributed by atoms with Crippen LogP contribution < -0.4 is 11.1 Å². The first-order valence-corrected chi connectivity index (χ1v) is 7.56. The highest BCUT2D eigenvalue weighted by Gasteiger charge is 2.23. The van der Waals surface area contributed by atoms with E-state index in [1.54, 1.807) is 6.92 Å². The van der Waals surface area contributed by atoms with Crippen LogP contribution in [0.1, 0.15) is 18.5 Å². The molecule has 1 unspecified atom stereocenters. The molecule has 116 valence electrons. The van der Waals surface area contributed by atoms with E-state index in [0.717, 1.165) is 18.7 Å². The maximum Gasteiger partial charge on any atom is 0.236 e. The molecule has 1 saturated heterocycles. The molecule has 0 saturated carbocycles. The van der Waals surface area contributed by atoms with Crippen molar-refractivity contribution in [3.05, 3.63) is 34.9 Å². The molecule has 0 radical (unpaired) electrons. The average molecular weight is 312 g/mol. The third-order valence-electron chi connectivity index (χ3n) is 3.60. The smallest absolute Gasteiger partial charge is 0.236 e. The largest absolute Gasteiger partial charge is 0.379 e. The van der Waals surface area contributed by atoms with E-state index in [0.29, 0.717) is 24.8 Å². The van der Waals surface area contributed by atoms with Crippen molar-refractivity contribution in [1.29, 1.82) is 0 Å². The van der Waals surface area contributed by atoms with Gasteiger partial charge in [-0.1, -0.05) is 23.7 Å². The first-order chi connectivity index (χ1) is 10.1. The number of halogens is 1. The Kier molecular flexibility index (Phi) is 5.99. The van der Waals surface area contributed by atoms with Crippen molar-refractivity contribution in [3.8, 4) is 0 Å². The van der Waals surface area contributed by atoms with E-state index in [4.69, 9.17) is 22.1 Å². The number of hydrogen-bond donors (Lipinski definition) is 2. The van der Waals surface area contributed by atoms with Gasteiger partial charge in [-0.2, -0.15) is 0 Å². The quantitative estimate of drug-likeness (QED) is 0.857. The second-order valence-corrected chi connectivity index (χ2v) is 5.69. The fraction of sp³-hybridized carbons (Fsp3) is 0.533. The minimum absolute atomic E-state index is 0.0790. The number of nitrogens with zero attached hydrogens (tertiary/aromatic N) is 1. The Morgan fingerprint density at radius 2 is 2.19 bits per heavy atom. The normalized spacial score (nSPS) is 19.0. The Morgan fingerprint density at radius 3 is 2.81 bits per heavy atom. The molecule has 1 amide bonds. The van der Waals surface area contributed by atoms with Crippen molar-refractivity contribution < 1.29 is 9.53 Å². The highest BCUT2D eigenvalue weighted by Crippen LogP contribution is 2.23. The van der Waals surface area contributed by atoms with Crippen LogP contribution in [0.4, 0.5) is 0 Å². The molecule has 1 fully saturated rings. The fourth-order valence-electron chi connectivity index (χ4n) is 2.42. The van der Waals surface area contributed by atoms with Crippen LogP contribution in [0.3, 0.4) is 0 Å². The van der Waals surface area contributed by atoms with Crippen LogP contribution in [-0.4, -0.2) is 49.7 Å². The number of rotatable bonds is 5. The lowest BCUT2D eigenvalue weighted by molar-refractivity contribution is -0.122. The molecule has 1 aromatic carbocycles. The number of nitrogens with one attached hydrogen (secondary N) is 1. The number of nitrogens with two attached hydrogens (primary N) is 1. The Labute approximate surface area is 130 Å². The van der Waals surface area contributed by atoms with E-state index < -0.39 is 6.04 Å². The Bertz CT molecular complexity index is 476. The van der Waals surface area contributed by atoms with Crippen molar-refractivity contribution in [2.45, 2.75) is 19.0 Å². The molecule has 0 spiro atoms. The van der Waals surface area contributed by atoms with Crippen molar-refractivity contribution in [2.75, 3.05) is 32.8 Å². The fourth-order valence-corrected chi connectivity index (χ4v) is 2.62. The van der Waals surface area contributed by atoms with Crippen LogP contribution in [0.5, 0.6) is 0 Å². The summed E-state index contributed by atoms with van der Waals surface area (Å²) >= 11 is 6.09. The van der Waals surface area contributed by atoms with Crippen LogP contribution in [-0.2, 0) is 9.53 Å². The van der Waals surface area contributed by atoms with E-state index >= 15 is 0 Å². The van der Waals surface area contributed by atoms with Gasteiger partial charge in [-0.25, -0.2) is 0 Å². The lowest BCUT2D eigenvalue weighted by Gasteiger charge is -2.35. The molecule has 1 aromatic rings. The summed E-state index contributed by atoms with van der Waals surface area (Å²) < 4.78 is 5.40. The first kappa shape index (κ1) is 16.2. The molecule has 0 aromatic heterocycles. The number of ether oxygens (including phenoxy) is 1. The molecule has 1 aliphatic heterocycles. The molecule has 5 nitrogen and oxygen atoms in total. The number of carbonyl (C=O) groups excluding carboxylic acids is 1. The molecule has 3 N–H and O–H groups in total. The molecule has 1 aliphatic rings. The van der Waals surface area contributed by atoms with Crippen LogP contribution in [0, 0.1) is 0 Å². The van der Waals surface area contributed by atoms with Crippen LogP contribution in [0.25, 0.3) is 0 Å². The van der Waals surface area contributed by atoms with Gasteiger partial charge in [-0.15, -0.1) is 0 Å². The lowest BCUT2D eigenvalue weighted by atomic mass is 10.0. The molecule has 0 bridgehead atoms. The van der Waals surface area contributed by atoms with Gasteiger partial charge >= 0.3 is 0 Å². The molecule has 2 rings (SSSR count). The van der Waals surface area contributed by atoms with Gasteiger partial charge < -0.3 is 15.8 Å². The summed E-state index contributed by atoms with van der Waals surface area (Å²) in [5.41, 5.74) is 6.69. The summed E-state index contributed by atoms with van der Waals surface area (Å²) in [6.45, 7) is 5.28. The van der Waals surface area contributed by atoms with Gasteiger partial charge in [0.15, 0.2) is 0 Å². The zero-order valence-corrected chi connectivity index (χ0v) is 13.0. The highest BCUT2D eigenvalue weighted by atomic mass is 35.5. The number of benzene rings is 1.